The molecule has 4 aromatic rings. The Balaban J connectivity index is 1.40. The molecule has 2 aromatic carbocycles. The number of aromatic nitrogens is 5. The number of ether oxygens (including phenoxy) is 1. The minimum Gasteiger partial charge on any atom is -0.497 e. The van der Waals surface area contributed by atoms with Crippen LogP contribution in [0.15, 0.2) is 59.0 Å². The number of rotatable bonds is 5. The molecule has 9 nitrogen and oxygen atoms in total. The second kappa shape index (κ2) is 8.26. The van der Waals surface area contributed by atoms with Crippen LogP contribution in [0.2, 0.25) is 0 Å². The molecule has 9 heteroatoms. The number of amides is 1. The van der Waals surface area contributed by atoms with Gasteiger partial charge in [0.1, 0.15) is 11.8 Å². The maximum atomic E-state index is 13.4. The number of methoxy groups -OCH3 is 1. The van der Waals surface area contributed by atoms with Crippen LogP contribution in [0.25, 0.3) is 17.1 Å². The van der Waals surface area contributed by atoms with Gasteiger partial charge in [-0.05, 0) is 50.1 Å². The SMILES string of the molecule is COc1cccc(-c2nnc(C3CCCN3C(=O)c3nn(-c4ccccc4)nc3C)o2)c1. The summed E-state index contributed by atoms with van der Waals surface area (Å²) in [6.45, 7) is 2.39. The first-order valence-electron chi connectivity index (χ1n) is 10.4. The molecule has 0 bridgehead atoms. The number of likely N-dealkylation sites (tertiary alicyclic amines) is 1. The highest BCUT2D eigenvalue weighted by Gasteiger charge is 2.36. The van der Waals surface area contributed by atoms with Gasteiger partial charge in [0.05, 0.1) is 18.5 Å². The van der Waals surface area contributed by atoms with E-state index >= 15 is 0 Å². The molecule has 1 unspecified atom stereocenters. The number of benzene rings is 2. The first-order chi connectivity index (χ1) is 15.6. The maximum absolute atomic E-state index is 13.4. The third kappa shape index (κ3) is 3.62. The molecule has 1 atom stereocenters. The van der Waals surface area contributed by atoms with Crippen LogP contribution in [-0.4, -0.2) is 49.7 Å². The number of aryl methyl sites for hydroxylation is 1. The van der Waals surface area contributed by atoms with Crippen LogP contribution in [0.1, 0.15) is 41.0 Å². The number of carbonyl (C=O) groups excluding carboxylic acids is 1. The third-order valence-corrected chi connectivity index (χ3v) is 5.53. The Kier molecular flexibility index (Phi) is 5.14. The molecule has 0 N–H and O–H groups in total. The van der Waals surface area contributed by atoms with Crippen LogP contribution in [0.5, 0.6) is 5.75 Å². The highest BCUT2D eigenvalue weighted by Crippen LogP contribution is 2.34. The normalized spacial score (nSPS) is 15.8. The quantitative estimate of drug-likeness (QED) is 0.477. The highest BCUT2D eigenvalue weighted by atomic mass is 16.5. The van der Waals surface area contributed by atoms with Crippen molar-refractivity contribution in [1.82, 2.24) is 30.1 Å². The lowest BCUT2D eigenvalue weighted by atomic mass is 10.2. The summed E-state index contributed by atoms with van der Waals surface area (Å²) in [6, 6.07) is 16.6. The minimum absolute atomic E-state index is 0.187. The van der Waals surface area contributed by atoms with Gasteiger partial charge in [-0.1, -0.05) is 24.3 Å². The minimum atomic E-state index is -0.296. The Hall–Kier alpha value is -4.01. The van der Waals surface area contributed by atoms with E-state index in [2.05, 4.69) is 20.4 Å². The van der Waals surface area contributed by atoms with E-state index in [0.717, 1.165) is 24.1 Å². The fourth-order valence-electron chi connectivity index (χ4n) is 3.90. The Morgan fingerprint density at radius 1 is 1.09 bits per heavy atom. The Labute approximate surface area is 184 Å². The summed E-state index contributed by atoms with van der Waals surface area (Å²) in [7, 11) is 1.61. The van der Waals surface area contributed by atoms with Gasteiger partial charge in [0.25, 0.3) is 5.91 Å². The van der Waals surface area contributed by atoms with E-state index < -0.39 is 0 Å². The number of hydrogen-bond acceptors (Lipinski definition) is 7. The lowest BCUT2D eigenvalue weighted by Gasteiger charge is -2.21. The molecular formula is C23H22N6O3. The van der Waals surface area contributed by atoms with Crippen molar-refractivity contribution < 1.29 is 13.9 Å². The topological polar surface area (TPSA) is 99.2 Å². The van der Waals surface area contributed by atoms with Gasteiger partial charge in [-0.3, -0.25) is 4.79 Å². The predicted octanol–water partition coefficient (Wildman–Crippen LogP) is 3.61. The predicted molar refractivity (Wildman–Crippen MR) is 115 cm³/mol. The largest absolute Gasteiger partial charge is 0.497 e. The van der Waals surface area contributed by atoms with Crippen LogP contribution in [0.3, 0.4) is 0 Å². The second-order valence-electron chi connectivity index (χ2n) is 7.59. The molecule has 1 aliphatic heterocycles. The summed E-state index contributed by atoms with van der Waals surface area (Å²) in [6.07, 6.45) is 1.59. The van der Waals surface area contributed by atoms with E-state index in [1.807, 2.05) is 54.6 Å². The molecule has 5 rings (SSSR count). The van der Waals surface area contributed by atoms with Crippen molar-refractivity contribution >= 4 is 5.91 Å². The molecule has 0 radical (unpaired) electrons. The van der Waals surface area contributed by atoms with E-state index in [-0.39, 0.29) is 11.9 Å². The lowest BCUT2D eigenvalue weighted by Crippen LogP contribution is -2.31. The van der Waals surface area contributed by atoms with Gasteiger partial charge >= 0.3 is 0 Å². The summed E-state index contributed by atoms with van der Waals surface area (Å²) < 4.78 is 11.2. The van der Waals surface area contributed by atoms with E-state index in [1.165, 1.54) is 4.80 Å². The second-order valence-corrected chi connectivity index (χ2v) is 7.59. The molecular weight excluding hydrogens is 408 g/mol. The molecule has 1 amide bonds. The van der Waals surface area contributed by atoms with Gasteiger partial charge in [0.15, 0.2) is 5.69 Å². The highest BCUT2D eigenvalue weighted by molar-refractivity contribution is 5.93. The molecule has 1 fully saturated rings. The molecule has 2 aromatic heterocycles. The zero-order chi connectivity index (χ0) is 22.1. The van der Waals surface area contributed by atoms with Crippen molar-refractivity contribution in [2.45, 2.75) is 25.8 Å². The van der Waals surface area contributed by atoms with Crippen LogP contribution >= 0.6 is 0 Å². The molecule has 162 valence electrons. The summed E-state index contributed by atoms with van der Waals surface area (Å²) in [4.78, 5) is 16.6. The van der Waals surface area contributed by atoms with Crippen molar-refractivity contribution in [2.75, 3.05) is 13.7 Å². The Bertz CT molecular complexity index is 1250. The number of nitrogens with zero attached hydrogens (tertiary/aromatic N) is 6. The van der Waals surface area contributed by atoms with Gasteiger partial charge in [-0.15, -0.1) is 15.3 Å². The maximum Gasteiger partial charge on any atom is 0.277 e. The zero-order valence-corrected chi connectivity index (χ0v) is 17.8. The third-order valence-electron chi connectivity index (χ3n) is 5.53. The van der Waals surface area contributed by atoms with Crippen LogP contribution < -0.4 is 4.74 Å². The number of para-hydroxylation sites is 1. The van der Waals surface area contributed by atoms with Gasteiger partial charge in [0.2, 0.25) is 11.8 Å². The monoisotopic (exact) mass is 430 g/mol. The summed E-state index contributed by atoms with van der Waals surface area (Å²) >= 11 is 0. The summed E-state index contributed by atoms with van der Waals surface area (Å²) in [5.41, 5.74) is 2.47. The summed E-state index contributed by atoms with van der Waals surface area (Å²) in [5, 5.41) is 17.3. The van der Waals surface area contributed by atoms with Crippen LogP contribution in [0, 0.1) is 6.92 Å². The van der Waals surface area contributed by atoms with E-state index in [1.54, 1.807) is 18.9 Å². The zero-order valence-electron chi connectivity index (χ0n) is 17.8. The van der Waals surface area contributed by atoms with Crippen molar-refractivity contribution in [2.24, 2.45) is 0 Å². The first-order valence-corrected chi connectivity index (χ1v) is 10.4. The van der Waals surface area contributed by atoms with Crippen LogP contribution in [-0.2, 0) is 0 Å². The van der Waals surface area contributed by atoms with Gasteiger partial charge in [-0.2, -0.15) is 9.90 Å². The number of carbonyl (C=O) groups is 1. The first kappa shape index (κ1) is 19.9. The number of hydrogen-bond donors (Lipinski definition) is 0. The van der Waals surface area contributed by atoms with Gasteiger partial charge in [0, 0.05) is 12.1 Å². The van der Waals surface area contributed by atoms with Crippen molar-refractivity contribution in [3.8, 4) is 22.9 Å². The van der Waals surface area contributed by atoms with Crippen LogP contribution in [0.4, 0.5) is 0 Å². The molecule has 1 saturated heterocycles. The van der Waals surface area contributed by atoms with E-state index in [4.69, 9.17) is 9.15 Å². The fraction of sp³-hybridized carbons (Fsp3) is 0.261. The lowest BCUT2D eigenvalue weighted by molar-refractivity contribution is 0.0708. The van der Waals surface area contributed by atoms with Gasteiger partial charge in [-0.25, -0.2) is 0 Å². The summed E-state index contributed by atoms with van der Waals surface area (Å²) in [5.74, 6) is 1.33. The molecule has 1 aliphatic rings. The van der Waals surface area contributed by atoms with E-state index in [0.29, 0.717) is 35.5 Å². The standard InChI is InChI=1S/C23H22N6O3/c1-15-20(27-29(26-15)17-9-4-3-5-10-17)23(30)28-13-7-12-19(28)22-25-24-21(32-22)16-8-6-11-18(14-16)31-2/h3-6,8-11,14,19H,7,12-13H2,1-2H3. The van der Waals surface area contributed by atoms with Gasteiger partial charge < -0.3 is 14.1 Å². The molecule has 0 spiro atoms. The Morgan fingerprint density at radius 2 is 1.94 bits per heavy atom. The van der Waals surface area contributed by atoms with Crippen molar-refractivity contribution in [3.05, 3.63) is 71.9 Å². The van der Waals surface area contributed by atoms with Crippen molar-refractivity contribution in [3.63, 3.8) is 0 Å². The molecule has 3 heterocycles. The van der Waals surface area contributed by atoms with Crippen molar-refractivity contribution in [1.29, 1.82) is 0 Å². The average molecular weight is 430 g/mol. The molecule has 0 aliphatic carbocycles. The Morgan fingerprint density at radius 3 is 2.75 bits per heavy atom. The fourth-order valence-corrected chi connectivity index (χ4v) is 3.90. The van der Waals surface area contributed by atoms with E-state index in [9.17, 15) is 4.79 Å². The smallest absolute Gasteiger partial charge is 0.277 e. The average Bonchev–Trinajstić information content (AvgIpc) is 3.58. The molecule has 0 saturated carbocycles. The molecule has 32 heavy (non-hydrogen) atoms.